The van der Waals surface area contributed by atoms with Crippen LogP contribution in [0.2, 0.25) is 0 Å². The molecule has 306 valence electrons. The van der Waals surface area contributed by atoms with Crippen molar-refractivity contribution in [3.05, 3.63) is 88.6 Å². The third-order valence-electron chi connectivity index (χ3n) is 10.7. The molecule has 3 saturated heterocycles. The van der Waals surface area contributed by atoms with E-state index in [0.717, 1.165) is 27.6 Å². The number of nitrogens with zero attached hydrogens (tertiary/aromatic N) is 4. The van der Waals surface area contributed by atoms with E-state index >= 15 is 0 Å². The zero-order chi connectivity index (χ0) is 40.9. The lowest BCUT2D eigenvalue weighted by molar-refractivity contribution is -0.169. The molecule has 3 fully saturated rings. The Morgan fingerprint density at radius 2 is 1.88 bits per heavy atom. The van der Waals surface area contributed by atoms with Crippen molar-refractivity contribution in [3.8, 4) is 11.5 Å². The summed E-state index contributed by atoms with van der Waals surface area (Å²) in [6.07, 6.45) is 7.06. The highest BCUT2D eigenvalue weighted by Gasteiger charge is 2.48. The third-order valence-corrected chi connectivity index (χ3v) is 12.7. The number of fused-ring (bicyclic) bond motifs is 2. The van der Waals surface area contributed by atoms with Crippen LogP contribution in [0.1, 0.15) is 84.7 Å². The fourth-order valence-corrected chi connectivity index (χ4v) is 9.55. The van der Waals surface area contributed by atoms with Gasteiger partial charge in [0.2, 0.25) is 11.8 Å². The van der Waals surface area contributed by atoms with E-state index in [1.807, 2.05) is 37.3 Å². The maximum absolute atomic E-state index is 14.1. The number of ether oxygens (including phenoxy) is 2. The normalized spacial score (nSPS) is 20.3. The molecule has 2 aromatic heterocycles. The van der Waals surface area contributed by atoms with Crippen molar-refractivity contribution >= 4 is 53.3 Å². The molecule has 58 heavy (non-hydrogen) atoms. The maximum atomic E-state index is 14.1. The van der Waals surface area contributed by atoms with Gasteiger partial charge in [0.1, 0.15) is 17.8 Å². The Bertz CT molecular complexity index is 2200. The zero-order valence-electron chi connectivity index (χ0n) is 32.1. The van der Waals surface area contributed by atoms with Gasteiger partial charge < -0.3 is 29.5 Å². The summed E-state index contributed by atoms with van der Waals surface area (Å²) in [6.45, 7) is 1.27. The van der Waals surface area contributed by atoms with Gasteiger partial charge in [-0.3, -0.25) is 23.9 Å². The average molecular weight is 836 g/mol. The monoisotopic (exact) mass is 835 g/mol. The number of hydrogen-bond donors (Lipinski definition) is 1. The molecule has 1 unspecified atom stereocenters. The lowest BCUT2D eigenvalue weighted by Crippen LogP contribution is -2.58. The van der Waals surface area contributed by atoms with Crippen molar-refractivity contribution in [2.75, 3.05) is 19.7 Å². The second-order valence-electron chi connectivity index (χ2n) is 14.7. The molecule has 17 heteroatoms. The molecule has 0 saturated carbocycles. The van der Waals surface area contributed by atoms with Gasteiger partial charge in [-0.15, -0.1) is 11.3 Å². The molecule has 1 N–H and O–H groups in total. The van der Waals surface area contributed by atoms with Crippen LogP contribution in [0.25, 0.3) is 10.1 Å². The number of aromatic nitrogens is 1. The van der Waals surface area contributed by atoms with E-state index in [1.165, 1.54) is 36.7 Å². The summed E-state index contributed by atoms with van der Waals surface area (Å²) in [5.74, 6) is -1.19. The number of carbonyl (C=O) groups excluding carboxylic acids is 4. The van der Waals surface area contributed by atoms with Crippen LogP contribution < -0.4 is 19.5 Å². The van der Waals surface area contributed by atoms with Gasteiger partial charge in [-0.1, -0.05) is 35.9 Å². The van der Waals surface area contributed by atoms with Crippen LogP contribution in [0.5, 0.6) is 11.5 Å². The van der Waals surface area contributed by atoms with E-state index in [9.17, 15) is 32.9 Å². The molecule has 2 aromatic carbocycles. The molecular weight excluding hydrogens is 792 g/mol. The number of amides is 3. The molecule has 3 amide bonds. The summed E-state index contributed by atoms with van der Waals surface area (Å²) in [5.41, 5.74) is 2.19. The van der Waals surface area contributed by atoms with Gasteiger partial charge in [-0.25, -0.2) is 4.79 Å². The minimum Gasteiger partial charge on any atom is -0.575 e. The first-order valence-electron chi connectivity index (χ1n) is 19.4. The van der Waals surface area contributed by atoms with E-state index in [0.29, 0.717) is 67.8 Å². The molecular formula is C41H44F2N5O8PS. The van der Waals surface area contributed by atoms with Crippen LogP contribution in [-0.2, 0) is 25.5 Å². The average Bonchev–Trinajstić information content (AvgIpc) is 3.77. The van der Waals surface area contributed by atoms with Gasteiger partial charge in [-0.05, 0) is 86.7 Å². The summed E-state index contributed by atoms with van der Waals surface area (Å²) in [5, 5.41) is 3.81. The molecule has 0 radical (unpaired) electrons. The number of carbonyl (C=O) groups is 4. The van der Waals surface area contributed by atoms with Gasteiger partial charge in [-0.2, -0.15) is 8.78 Å². The van der Waals surface area contributed by atoms with Gasteiger partial charge in [0, 0.05) is 59.7 Å². The number of alkyl halides is 2. The van der Waals surface area contributed by atoms with Gasteiger partial charge in [0.15, 0.2) is 11.8 Å². The minimum atomic E-state index is -2.98. The predicted molar refractivity (Wildman–Crippen MR) is 211 cm³/mol. The molecule has 3 aliphatic heterocycles. The minimum absolute atomic E-state index is 0.0401. The van der Waals surface area contributed by atoms with Crippen LogP contribution >= 0.6 is 19.5 Å². The number of likely N-dealkylation sites (tertiary alicyclic amines) is 1. The molecule has 0 aliphatic carbocycles. The molecule has 13 nitrogen and oxygen atoms in total. The Morgan fingerprint density at radius 3 is 2.67 bits per heavy atom. The quantitative estimate of drug-likeness (QED) is 0.113. The van der Waals surface area contributed by atoms with Crippen molar-refractivity contribution in [3.63, 3.8) is 0 Å². The number of thiophene rings is 1. The Balaban J connectivity index is 0.981. The predicted octanol–water partition coefficient (Wildman–Crippen LogP) is 6.33. The summed E-state index contributed by atoms with van der Waals surface area (Å²) in [7, 11) is -2.54. The summed E-state index contributed by atoms with van der Waals surface area (Å²) in [6, 6.07) is 13.7. The molecule has 0 spiro atoms. The fraction of sp³-hybridized carbons (Fsp3) is 0.439. The van der Waals surface area contributed by atoms with Crippen molar-refractivity contribution in [2.24, 2.45) is 4.74 Å². The molecule has 5 heterocycles. The summed E-state index contributed by atoms with van der Waals surface area (Å²) < 4.78 is 46.2. The summed E-state index contributed by atoms with van der Waals surface area (Å²) in [4.78, 5) is 74.1. The Kier molecular flexibility index (Phi) is 12.9. The van der Waals surface area contributed by atoms with Crippen LogP contribution in [0, 0.1) is 0 Å². The lowest BCUT2D eigenvalue weighted by atomic mass is 9.91. The molecule has 4 aromatic rings. The smallest absolute Gasteiger partial charge is 0.395 e. The first kappa shape index (κ1) is 41.1. The number of para-hydroxylation sites is 1. The van der Waals surface area contributed by atoms with E-state index in [-0.39, 0.29) is 42.0 Å². The number of halogens is 2. The molecule has 5 atom stereocenters. The first-order chi connectivity index (χ1) is 28.0. The van der Waals surface area contributed by atoms with Crippen molar-refractivity contribution in [1.29, 1.82) is 0 Å². The number of benzene rings is 2. The second kappa shape index (κ2) is 18.3. The highest BCUT2D eigenvalue weighted by molar-refractivity contribution is 7.34. The van der Waals surface area contributed by atoms with Crippen LogP contribution in [-0.4, -0.2) is 88.9 Å². The lowest BCUT2D eigenvalue weighted by Gasteiger charge is -2.42. The Hall–Kier alpha value is -5.05. The van der Waals surface area contributed by atoms with E-state index in [2.05, 4.69) is 19.8 Å². The highest BCUT2D eigenvalue weighted by Crippen LogP contribution is 2.38. The molecule has 3 aliphatic rings. The highest BCUT2D eigenvalue weighted by atomic mass is 32.1. The van der Waals surface area contributed by atoms with Gasteiger partial charge in [0.25, 0.3) is 5.91 Å². The van der Waals surface area contributed by atoms with Gasteiger partial charge >= 0.3 is 20.7 Å². The van der Waals surface area contributed by atoms with Crippen molar-refractivity contribution in [2.45, 2.75) is 95.5 Å². The topological polar surface area (TPSA) is 163 Å². The molecule has 7 rings (SSSR count). The Morgan fingerprint density at radius 1 is 1.07 bits per heavy atom. The maximum Gasteiger partial charge on any atom is 0.395 e. The number of nitrogens with one attached hydrogen (secondary N) is 1. The largest absolute Gasteiger partial charge is 0.575 e. The van der Waals surface area contributed by atoms with Crippen LogP contribution in [0.15, 0.2) is 71.7 Å². The van der Waals surface area contributed by atoms with Crippen molar-refractivity contribution in [1.82, 2.24) is 20.1 Å². The standard InChI is InChI=1S/C41H44F2N5O8PS/c1-3-17-54-40(52)24(2)46-57(53)56-33-10-5-4-7-26(33)18-25-11-14-35-27(19-25)20-36(58-35)37(49)45-31-9-6-8-29-12-13-32(48(29)38(31)50)39(51)47-22-28(23-47)30-21-44-16-15-34(30)55-41(42)43/h4-5,7,10-11,14-16,19-21,24,28-29,31-32,41H,3,6,8-9,12-13,17-18,22-23H2,1-2H3,(H,45,49)/t24-,29-,31-,32-/m0/s1. The van der Waals surface area contributed by atoms with Crippen LogP contribution in [0.4, 0.5) is 8.78 Å². The summed E-state index contributed by atoms with van der Waals surface area (Å²) >= 11 is 1.32. The van der Waals surface area contributed by atoms with E-state index in [1.54, 1.807) is 28.0 Å². The number of pyridine rings is 1. The van der Waals surface area contributed by atoms with Gasteiger partial charge in [0.05, 0.1) is 11.5 Å². The number of hydrogen-bond acceptors (Lipinski definition) is 11. The van der Waals surface area contributed by atoms with E-state index < -0.39 is 38.9 Å². The van der Waals surface area contributed by atoms with E-state index in [4.69, 9.17) is 9.26 Å². The fourth-order valence-electron chi connectivity index (χ4n) is 7.83. The third kappa shape index (κ3) is 9.29. The SMILES string of the molecule is CCCOC(=O)[C@H](C)N=[P+]([O-])Oc1ccccc1Cc1ccc2sc(C(=O)N[C@H]3CCC[C@H]4CC[C@@H](C(=O)N5CC(c6cnccc6OC(F)F)C5)N4C3=O)cc2c1. The molecule has 0 bridgehead atoms. The number of esters is 1. The van der Waals surface area contributed by atoms with Crippen molar-refractivity contribution < 1.29 is 46.8 Å². The Labute approximate surface area is 339 Å². The second-order valence-corrected chi connectivity index (χ2v) is 16.7. The zero-order valence-corrected chi connectivity index (χ0v) is 33.8. The number of rotatable bonds is 14. The first-order valence-corrected chi connectivity index (χ1v) is 21.4. The van der Waals surface area contributed by atoms with Crippen LogP contribution in [0.3, 0.4) is 0 Å².